The van der Waals surface area contributed by atoms with E-state index in [1.54, 1.807) is 14.2 Å². The van der Waals surface area contributed by atoms with Gasteiger partial charge in [0.1, 0.15) is 0 Å². The molecular weight excluding hydrogens is 256 g/mol. The summed E-state index contributed by atoms with van der Waals surface area (Å²) < 4.78 is 12.3. The summed E-state index contributed by atoms with van der Waals surface area (Å²) >= 11 is 0. The Hall–Kier alpha value is -0.950. The minimum absolute atomic E-state index is 0.146. The lowest BCUT2D eigenvalue weighted by atomic mass is 10.1. The number of hydrogen-bond donors (Lipinski definition) is 1. The lowest BCUT2D eigenvalue weighted by molar-refractivity contribution is 0.0891. The van der Waals surface area contributed by atoms with E-state index >= 15 is 0 Å². The highest BCUT2D eigenvalue weighted by Crippen LogP contribution is 2.20. The number of rotatable bonds is 10. The molecule has 116 valence electrons. The first kappa shape index (κ1) is 17.1. The van der Waals surface area contributed by atoms with Crippen molar-refractivity contribution < 1.29 is 9.47 Å². The summed E-state index contributed by atoms with van der Waals surface area (Å²) in [5.74, 6) is 0. The van der Waals surface area contributed by atoms with Crippen LogP contribution in [-0.2, 0) is 9.47 Å². The van der Waals surface area contributed by atoms with Gasteiger partial charge in [-0.1, -0.05) is 0 Å². The molecule has 20 heavy (non-hydrogen) atoms. The van der Waals surface area contributed by atoms with E-state index < -0.39 is 0 Å². The van der Waals surface area contributed by atoms with Crippen LogP contribution < -0.4 is 5.73 Å². The first-order valence-corrected chi connectivity index (χ1v) is 7.10. The van der Waals surface area contributed by atoms with Crippen molar-refractivity contribution in [2.45, 2.75) is 25.9 Å². The Morgan fingerprint density at radius 3 is 2.25 bits per heavy atom. The second-order valence-electron chi connectivity index (χ2n) is 5.12. The van der Waals surface area contributed by atoms with E-state index in [1.807, 2.05) is 10.9 Å². The van der Waals surface area contributed by atoms with E-state index in [4.69, 9.17) is 15.2 Å². The Morgan fingerprint density at radius 1 is 1.25 bits per heavy atom. The number of methoxy groups -OCH3 is 2. The Kier molecular flexibility index (Phi) is 7.76. The predicted molar refractivity (Wildman–Crippen MR) is 79.7 cm³/mol. The molecule has 0 radical (unpaired) electrons. The van der Waals surface area contributed by atoms with Gasteiger partial charge in [0.25, 0.3) is 0 Å². The SMILES string of the molecule is COCCN(CCOC)C(CN)c1cnn(C(C)C)c1. The third kappa shape index (κ3) is 4.86. The second kappa shape index (κ2) is 9.07. The summed E-state index contributed by atoms with van der Waals surface area (Å²) in [7, 11) is 3.42. The normalized spacial score (nSPS) is 13.3. The van der Waals surface area contributed by atoms with Gasteiger partial charge in [0.15, 0.2) is 0 Å². The second-order valence-corrected chi connectivity index (χ2v) is 5.12. The van der Waals surface area contributed by atoms with Gasteiger partial charge in [0, 0.05) is 51.7 Å². The predicted octanol–water partition coefficient (Wildman–Crippen LogP) is 1.06. The fourth-order valence-corrected chi connectivity index (χ4v) is 2.14. The lowest BCUT2D eigenvalue weighted by Gasteiger charge is -2.29. The van der Waals surface area contributed by atoms with Crippen LogP contribution in [0.4, 0.5) is 0 Å². The first-order valence-electron chi connectivity index (χ1n) is 7.10. The molecule has 0 aliphatic carbocycles. The van der Waals surface area contributed by atoms with Crippen molar-refractivity contribution in [3.05, 3.63) is 18.0 Å². The molecule has 0 fully saturated rings. The molecule has 1 atom stereocenters. The zero-order valence-electron chi connectivity index (χ0n) is 13.1. The van der Waals surface area contributed by atoms with Crippen LogP contribution in [0.5, 0.6) is 0 Å². The number of aromatic nitrogens is 2. The van der Waals surface area contributed by atoms with Crippen LogP contribution in [0.3, 0.4) is 0 Å². The molecule has 1 aromatic heterocycles. The van der Waals surface area contributed by atoms with Gasteiger partial charge in [-0.15, -0.1) is 0 Å². The fraction of sp³-hybridized carbons (Fsp3) is 0.786. The number of nitrogens with two attached hydrogens (primary N) is 1. The Balaban J connectivity index is 2.80. The van der Waals surface area contributed by atoms with Crippen molar-refractivity contribution in [3.63, 3.8) is 0 Å². The Morgan fingerprint density at radius 2 is 1.85 bits per heavy atom. The molecule has 0 aromatic carbocycles. The standard InChI is InChI=1S/C14H28N4O2/c1-12(2)18-11-13(10-16-18)14(9-15)17(5-7-19-3)6-8-20-4/h10-12,14H,5-9,15H2,1-4H3. The molecule has 0 saturated carbocycles. The maximum Gasteiger partial charge on any atom is 0.0589 e. The van der Waals surface area contributed by atoms with Crippen LogP contribution in [0, 0.1) is 0 Å². The average molecular weight is 284 g/mol. The highest BCUT2D eigenvalue weighted by Gasteiger charge is 2.20. The van der Waals surface area contributed by atoms with Crippen LogP contribution in [0.1, 0.15) is 31.5 Å². The van der Waals surface area contributed by atoms with Gasteiger partial charge in [-0.05, 0) is 13.8 Å². The van der Waals surface area contributed by atoms with E-state index in [1.165, 1.54) is 0 Å². The van der Waals surface area contributed by atoms with Gasteiger partial charge in [-0.3, -0.25) is 9.58 Å². The van der Waals surface area contributed by atoms with Gasteiger partial charge >= 0.3 is 0 Å². The number of nitrogens with zero attached hydrogens (tertiary/aromatic N) is 3. The van der Waals surface area contributed by atoms with Crippen molar-refractivity contribution in [3.8, 4) is 0 Å². The van der Waals surface area contributed by atoms with Gasteiger partial charge in [-0.25, -0.2) is 0 Å². The summed E-state index contributed by atoms with van der Waals surface area (Å²) in [4.78, 5) is 2.29. The summed E-state index contributed by atoms with van der Waals surface area (Å²) in [5, 5.41) is 4.40. The molecule has 2 N–H and O–H groups in total. The molecule has 1 aromatic rings. The zero-order chi connectivity index (χ0) is 15.0. The molecule has 6 nitrogen and oxygen atoms in total. The highest BCUT2D eigenvalue weighted by molar-refractivity contribution is 5.11. The van der Waals surface area contributed by atoms with E-state index in [-0.39, 0.29) is 6.04 Å². The topological polar surface area (TPSA) is 65.5 Å². The summed E-state index contributed by atoms with van der Waals surface area (Å²) in [6, 6.07) is 0.501. The highest BCUT2D eigenvalue weighted by atomic mass is 16.5. The van der Waals surface area contributed by atoms with Crippen molar-refractivity contribution >= 4 is 0 Å². The summed E-state index contributed by atoms with van der Waals surface area (Å²) in [6.07, 6.45) is 3.99. The molecular formula is C14H28N4O2. The van der Waals surface area contributed by atoms with Crippen molar-refractivity contribution in [2.24, 2.45) is 5.73 Å². The quantitative estimate of drug-likeness (QED) is 0.696. The smallest absolute Gasteiger partial charge is 0.0589 e. The summed E-state index contributed by atoms with van der Waals surface area (Å²) in [5.41, 5.74) is 7.12. The minimum Gasteiger partial charge on any atom is -0.383 e. The third-order valence-electron chi connectivity index (χ3n) is 3.36. The van der Waals surface area contributed by atoms with Crippen molar-refractivity contribution in [1.29, 1.82) is 0 Å². The van der Waals surface area contributed by atoms with Crippen LogP contribution in [0.25, 0.3) is 0 Å². The first-order chi connectivity index (χ1) is 9.63. The molecule has 0 aliphatic heterocycles. The molecule has 0 aliphatic rings. The Bertz CT molecular complexity index is 360. The lowest BCUT2D eigenvalue weighted by Crippen LogP contribution is -2.38. The van der Waals surface area contributed by atoms with Crippen molar-refractivity contribution in [1.82, 2.24) is 14.7 Å². The Labute approximate surface area is 121 Å². The van der Waals surface area contributed by atoms with Gasteiger partial charge in [0.2, 0.25) is 0 Å². The molecule has 0 amide bonds. The zero-order valence-corrected chi connectivity index (χ0v) is 13.1. The van der Waals surface area contributed by atoms with Gasteiger partial charge in [0.05, 0.1) is 25.5 Å². The monoisotopic (exact) mass is 284 g/mol. The minimum atomic E-state index is 0.146. The molecule has 6 heteroatoms. The van der Waals surface area contributed by atoms with Crippen LogP contribution in [0.15, 0.2) is 12.4 Å². The molecule has 1 unspecified atom stereocenters. The third-order valence-corrected chi connectivity index (χ3v) is 3.36. The van der Waals surface area contributed by atoms with Gasteiger partial charge < -0.3 is 15.2 Å². The van der Waals surface area contributed by atoms with E-state index in [0.29, 0.717) is 25.8 Å². The number of ether oxygens (including phenoxy) is 2. The average Bonchev–Trinajstić information content (AvgIpc) is 2.91. The molecule has 0 saturated heterocycles. The fourth-order valence-electron chi connectivity index (χ4n) is 2.14. The van der Waals surface area contributed by atoms with Gasteiger partial charge in [-0.2, -0.15) is 5.10 Å². The summed E-state index contributed by atoms with van der Waals surface area (Å²) in [6.45, 7) is 7.79. The maximum absolute atomic E-state index is 5.97. The maximum atomic E-state index is 5.97. The van der Waals surface area contributed by atoms with E-state index in [2.05, 4.69) is 30.0 Å². The molecule has 1 rings (SSSR count). The number of hydrogen-bond acceptors (Lipinski definition) is 5. The molecule has 0 spiro atoms. The largest absolute Gasteiger partial charge is 0.383 e. The van der Waals surface area contributed by atoms with E-state index in [0.717, 1.165) is 18.7 Å². The van der Waals surface area contributed by atoms with Crippen molar-refractivity contribution in [2.75, 3.05) is 47.1 Å². The van der Waals surface area contributed by atoms with E-state index in [9.17, 15) is 0 Å². The van der Waals surface area contributed by atoms with Crippen LogP contribution in [-0.4, -0.2) is 61.7 Å². The van der Waals surface area contributed by atoms with Crippen LogP contribution >= 0.6 is 0 Å². The van der Waals surface area contributed by atoms with Crippen LogP contribution in [0.2, 0.25) is 0 Å². The molecule has 0 bridgehead atoms. The molecule has 1 heterocycles.